The first-order valence-electron chi connectivity index (χ1n) is 4.54. The van der Waals surface area contributed by atoms with Crippen molar-refractivity contribution in [2.75, 3.05) is 19.0 Å². The minimum atomic E-state index is 0.306. The number of phenolic OH excluding ortho intramolecular Hbond substituents is 1. The van der Waals surface area contributed by atoms with E-state index in [4.69, 9.17) is 16.7 Å². The average Bonchev–Trinajstić information content (AvgIpc) is 2.03. The van der Waals surface area contributed by atoms with E-state index in [0.29, 0.717) is 11.1 Å². The van der Waals surface area contributed by atoms with Gasteiger partial charge in [0.2, 0.25) is 0 Å². The number of nitrogens with zero attached hydrogens (tertiary/aromatic N) is 1. The minimum Gasteiger partial charge on any atom is -0.508 e. The molecule has 0 unspecified atom stereocenters. The summed E-state index contributed by atoms with van der Waals surface area (Å²) in [5, 5.41) is 9.23. The molecule has 1 aromatic rings. The smallest absolute Gasteiger partial charge is 0.115 e. The summed E-state index contributed by atoms with van der Waals surface area (Å²) in [4.78, 5) is 1.99. The Balaban J connectivity index is 0.000000364. The molecule has 0 amide bonds. The van der Waals surface area contributed by atoms with E-state index in [1.54, 1.807) is 12.1 Å². The molecule has 1 aromatic carbocycles. The van der Waals surface area contributed by atoms with Gasteiger partial charge in [-0.3, -0.25) is 0 Å². The standard InChI is InChI=1S/C8H11NO.C3H7Cl/c1-9(2)7-3-5-8(10)6-4-7;1-3(2)4/h3-6,10H,1-2H3;3H,1-2H3. The lowest BCUT2D eigenvalue weighted by atomic mass is 10.3. The molecule has 0 atom stereocenters. The van der Waals surface area contributed by atoms with Crippen LogP contribution in [0.15, 0.2) is 24.3 Å². The molecule has 80 valence electrons. The molecule has 0 aromatic heterocycles. The van der Waals surface area contributed by atoms with Gasteiger partial charge in [0.15, 0.2) is 0 Å². The fourth-order valence-electron chi connectivity index (χ4n) is 0.751. The second-order valence-corrected chi connectivity index (χ2v) is 4.30. The van der Waals surface area contributed by atoms with Crippen molar-refractivity contribution in [3.63, 3.8) is 0 Å². The van der Waals surface area contributed by atoms with Crippen LogP contribution in [0.2, 0.25) is 0 Å². The molecule has 0 spiro atoms. The van der Waals surface area contributed by atoms with E-state index in [2.05, 4.69) is 0 Å². The van der Waals surface area contributed by atoms with Crippen molar-refractivity contribution in [3.8, 4) is 5.75 Å². The van der Waals surface area contributed by atoms with Crippen LogP contribution in [0.25, 0.3) is 0 Å². The van der Waals surface area contributed by atoms with E-state index in [0.717, 1.165) is 5.69 Å². The van der Waals surface area contributed by atoms with Crippen molar-refractivity contribution in [2.45, 2.75) is 19.2 Å². The monoisotopic (exact) mass is 215 g/mol. The van der Waals surface area contributed by atoms with Gasteiger partial charge in [-0.1, -0.05) is 0 Å². The number of anilines is 1. The highest BCUT2D eigenvalue weighted by molar-refractivity contribution is 6.20. The zero-order valence-corrected chi connectivity index (χ0v) is 9.92. The van der Waals surface area contributed by atoms with Gasteiger partial charge < -0.3 is 10.0 Å². The van der Waals surface area contributed by atoms with Gasteiger partial charge in [-0.25, -0.2) is 0 Å². The van der Waals surface area contributed by atoms with Crippen molar-refractivity contribution in [3.05, 3.63) is 24.3 Å². The Morgan fingerprint density at radius 2 is 1.50 bits per heavy atom. The Morgan fingerprint density at radius 3 is 1.79 bits per heavy atom. The molecule has 1 rings (SSSR count). The summed E-state index contributed by atoms with van der Waals surface area (Å²) in [7, 11) is 3.93. The average molecular weight is 216 g/mol. The third-order valence-corrected chi connectivity index (χ3v) is 1.37. The molecule has 0 bridgehead atoms. The Bertz CT molecular complexity index is 241. The molecule has 0 saturated heterocycles. The quantitative estimate of drug-likeness (QED) is 0.728. The largest absolute Gasteiger partial charge is 0.508 e. The van der Waals surface area contributed by atoms with Crippen LogP contribution in [-0.4, -0.2) is 24.6 Å². The highest BCUT2D eigenvalue weighted by atomic mass is 35.5. The first kappa shape index (κ1) is 13.1. The van der Waals surface area contributed by atoms with Gasteiger partial charge in [-0.05, 0) is 38.1 Å². The molecule has 0 aliphatic carbocycles. The lowest BCUT2D eigenvalue weighted by molar-refractivity contribution is 0.475. The summed E-state index contributed by atoms with van der Waals surface area (Å²) in [5.74, 6) is 0.311. The van der Waals surface area contributed by atoms with Crippen LogP contribution in [0, 0.1) is 0 Å². The lowest BCUT2D eigenvalue weighted by Crippen LogP contribution is -2.07. The summed E-state index contributed by atoms with van der Waals surface area (Å²) >= 11 is 5.27. The summed E-state index contributed by atoms with van der Waals surface area (Å²) in [6.45, 7) is 3.86. The van der Waals surface area contributed by atoms with Crippen molar-refractivity contribution < 1.29 is 5.11 Å². The Kier molecular flexibility index (Phi) is 6.13. The van der Waals surface area contributed by atoms with Gasteiger partial charge in [0.1, 0.15) is 5.75 Å². The summed E-state index contributed by atoms with van der Waals surface area (Å²) in [5.41, 5.74) is 1.10. The summed E-state index contributed by atoms with van der Waals surface area (Å²) in [6, 6.07) is 7.09. The molecule has 2 nitrogen and oxygen atoms in total. The topological polar surface area (TPSA) is 23.5 Å². The van der Waals surface area contributed by atoms with E-state index in [-0.39, 0.29) is 0 Å². The van der Waals surface area contributed by atoms with Crippen LogP contribution in [0.5, 0.6) is 5.75 Å². The van der Waals surface area contributed by atoms with Crippen LogP contribution in [-0.2, 0) is 0 Å². The molecule has 14 heavy (non-hydrogen) atoms. The zero-order valence-electron chi connectivity index (χ0n) is 9.16. The van der Waals surface area contributed by atoms with Crippen molar-refractivity contribution in [1.29, 1.82) is 0 Å². The van der Waals surface area contributed by atoms with E-state index in [1.165, 1.54) is 0 Å². The maximum Gasteiger partial charge on any atom is 0.115 e. The van der Waals surface area contributed by atoms with Gasteiger partial charge in [0, 0.05) is 25.2 Å². The molecule has 0 saturated carbocycles. The summed E-state index contributed by atoms with van der Waals surface area (Å²) in [6.07, 6.45) is 0. The molecular formula is C11H18ClNO. The maximum absolute atomic E-state index is 8.92. The zero-order chi connectivity index (χ0) is 11.1. The number of benzene rings is 1. The molecular weight excluding hydrogens is 198 g/mol. The summed E-state index contributed by atoms with van der Waals surface area (Å²) < 4.78 is 0. The first-order chi connectivity index (χ1) is 6.43. The third kappa shape index (κ3) is 6.61. The van der Waals surface area contributed by atoms with Crippen LogP contribution in [0.1, 0.15) is 13.8 Å². The number of alkyl halides is 1. The number of hydrogen-bond acceptors (Lipinski definition) is 2. The maximum atomic E-state index is 8.92. The highest BCUT2D eigenvalue weighted by Crippen LogP contribution is 2.15. The van der Waals surface area contributed by atoms with Gasteiger partial charge in [-0.2, -0.15) is 0 Å². The highest BCUT2D eigenvalue weighted by Gasteiger charge is 1.92. The van der Waals surface area contributed by atoms with Crippen molar-refractivity contribution in [2.24, 2.45) is 0 Å². The number of phenols is 1. The lowest BCUT2D eigenvalue weighted by Gasteiger charge is -2.11. The van der Waals surface area contributed by atoms with Crippen LogP contribution < -0.4 is 4.90 Å². The van der Waals surface area contributed by atoms with Gasteiger partial charge in [0.05, 0.1) is 0 Å². The predicted molar refractivity (Wildman–Crippen MR) is 63.4 cm³/mol. The molecule has 0 radical (unpaired) electrons. The molecule has 0 aliphatic heterocycles. The molecule has 1 N–H and O–H groups in total. The predicted octanol–water partition coefficient (Wildman–Crippen LogP) is 3.09. The third-order valence-electron chi connectivity index (χ3n) is 1.37. The Morgan fingerprint density at radius 1 is 1.14 bits per heavy atom. The number of rotatable bonds is 1. The van der Waals surface area contributed by atoms with Gasteiger partial charge in [-0.15, -0.1) is 11.6 Å². The minimum absolute atomic E-state index is 0.306. The number of halogens is 1. The fourth-order valence-corrected chi connectivity index (χ4v) is 0.751. The number of aromatic hydroxyl groups is 1. The molecule has 0 aliphatic rings. The van der Waals surface area contributed by atoms with E-state index in [1.807, 2.05) is 45.0 Å². The molecule has 0 fully saturated rings. The van der Waals surface area contributed by atoms with Crippen LogP contribution in [0.3, 0.4) is 0 Å². The first-order valence-corrected chi connectivity index (χ1v) is 4.97. The normalized spacial score (nSPS) is 9.29. The van der Waals surface area contributed by atoms with Crippen molar-refractivity contribution >= 4 is 17.3 Å². The fraction of sp³-hybridized carbons (Fsp3) is 0.455. The SMILES string of the molecule is CC(C)Cl.CN(C)c1ccc(O)cc1. The Labute approximate surface area is 91.1 Å². The molecule has 3 heteroatoms. The molecule has 0 heterocycles. The number of hydrogen-bond donors (Lipinski definition) is 1. The van der Waals surface area contributed by atoms with Crippen LogP contribution in [0.4, 0.5) is 5.69 Å². The van der Waals surface area contributed by atoms with Crippen LogP contribution >= 0.6 is 11.6 Å². The van der Waals surface area contributed by atoms with Gasteiger partial charge in [0.25, 0.3) is 0 Å². The Hall–Kier alpha value is -0.890. The van der Waals surface area contributed by atoms with E-state index in [9.17, 15) is 0 Å². The second-order valence-electron chi connectivity index (χ2n) is 3.42. The van der Waals surface area contributed by atoms with Crippen molar-refractivity contribution in [1.82, 2.24) is 0 Å². The van der Waals surface area contributed by atoms with E-state index < -0.39 is 0 Å². The van der Waals surface area contributed by atoms with E-state index >= 15 is 0 Å². The van der Waals surface area contributed by atoms with Gasteiger partial charge >= 0.3 is 0 Å². The second kappa shape index (κ2) is 6.55.